The highest BCUT2D eigenvalue weighted by Crippen LogP contribution is 2.21. The molecule has 0 aliphatic carbocycles. The number of carbonyl (C=O) groups excluding carboxylic acids is 1. The molecule has 0 atom stereocenters. The van der Waals surface area contributed by atoms with E-state index < -0.39 is 0 Å². The molecule has 1 fully saturated rings. The predicted octanol–water partition coefficient (Wildman–Crippen LogP) is 2.91. The summed E-state index contributed by atoms with van der Waals surface area (Å²) in [5, 5.41) is 0.701. The highest BCUT2D eigenvalue weighted by molar-refractivity contribution is 6.30. The van der Waals surface area contributed by atoms with E-state index in [0.29, 0.717) is 23.8 Å². The number of hydrogen-bond donors (Lipinski definition) is 0. The number of amides is 1. The third kappa shape index (κ3) is 4.49. The predicted molar refractivity (Wildman–Crippen MR) is 114 cm³/mol. The third-order valence-corrected chi connectivity index (χ3v) is 5.29. The fraction of sp³-hybridized carbons (Fsp3) is 0.227. The van der Waals surface area contributed by atoms with E-state index in [1.54, 1.807) is 11.1 Å². The van der Waals surface area contributed by atoms with Crippen molar-refractivity contribution >= 4 is 23.2 Å². The molecule has 1 amide bonds. The van der Waals surface area contributed by atoms with Crippen molar-refractivity contribution in [2.45, 2.75) is 6.54 Å². The number of piperazine rings is 1. The highest BCUT2D eigenvalue weighted by Gasteiger charge is 2.22. The fourth-order valence-electron chi connectivity index (χ4n) is 3.46. The first kappa shape index (κ1) is 19.2. The van der Waals surface area contributed by atoms with Crippen LogP contribution in [0, 0.1) is 0 Å². The van der Waals surface area contributed by atoms with E-state index in [1.807, 2.05) is 54.6 Å². The van der Waals surface area contributed by atoms with Crippen LogP contribution >= 0.6 is 11.6 Å². The Balaban J connectivity index is 1.42. The summed E-state index contributed by atoms with van der Waals surface area (Å²) in [6, 6.07) is 17.3. The van der Waals surface area contributed by atoms with Gasteiger partial charge in [-0.05, 0) is 18.2 Å². The summed E-state index contributed by atoms with van der Waals surface area (Å²) >= 11 is 6.08. The molecule has 1 aliphatic rings. The highest BCUT2D eigenvalue weighted by atomic mass is 35.5. The van der Waals surface area contributed by atoms with Crippen LogP contribution in [0.5, 0.6) is 0 Å². The van der Waals surface area contributed by atoms with Gasteiger partial charge in [-0.3, -0.25) is 9.59 Å². The second-order valence-electron chi connectivity index (χ2n) is 6.95. The van der Waals surface area contributed by atoms with Crippen molar-refractivity contribution in [3.8, 4) is 11.3 Å². The first-order valence-electron chi connectivity index (χ1n) is 9.50. The van der Waals surface area contributed by atoms with Crippen molar-refractivity contribution in [2.24, 2.45) is 0 Å². The van der Waals surface area contributed by atoms with Gasteiger partial charge in [-0.25, -0.2) is 4.98 Å². The van der Waals surface area contributed by atoms with Gasteiger partial charge in [0.15, 0.2) is 0 Å². The number of hydrogen-bond acceptors (Lipinski definition) is 4. The molecule has 4 rings (SSSR count). The number of halogens is 1. The summed E-state index contributed by atoms with van der Waals surface area (Å²) in [6.45, 7) is 2.69. The summed E-state index contributed by atoms with van der Waals surface area (Å²) in [5.74, 6) is -0.0666. The molecule has 0 unspecified atom stereocenters. The first-order valence-corrected chi connectivity index (χ1v) is 9.88. The molecule has 3 aromatic rings. The standard InChI is InChI=1S/C22H21ClN4O2/c23-18-7-4-8-19(13-18)25-9-11-26(12-10-25)22(29)16-27-15-20(24-14-21(27)28)17-5-2-1-3-6-17/h1-8,13-15H,9-12,16H2. The molecule has 1 saturated heterocycles. The van der Waals surface area contributed by atoms with Gasteiger partial charge in [-0.1, -0.05) is 48.0 Å². The van der Waals surface area contributed by atoms with Crippen LogP contribution in [0.4, 0.5) is 5.69 Å². The lowest BCUT2D eigenvalue weighted by Gasteiger charge is -2.36. The van der Waals surface area contributed by atoms with Crippen LogP contribution in [-0.2, 0) is 11.3 Å². The maximum Gasteiger partial charge on any atom is 0.269 e. The van der Waals surface area contributed by atoms with Crippen LogP contribution in [0.1, 0.15) is 0 Å². The van der Waals surface area contributed by atoms with Gasteiger partial charge in [-0.15, -0.1) is 0 Å². The molecule has 1 aromatic heterocycles. The monoisotopic (exact) mass is 408 g/mol. The van der Waals surface area contributed by atoms with E-state index in [4.69, 9.17) is 11.6 Å². The summed E-state index contributed by atoms with van der Waals surface area (Å²) in [5.41, 5.74) is 2.35. The molecule has 0 radical (unpaired) electrons. The Morgan fingerprint density at radius 2 is 1.76 bits per heavy atom. The lowest BCUT2D eigenvalue weighted by Crippen LogP contribution is -2.50. The topological polar surface area (TPSA) is 58.4 Å². The van der Waals surface area contributed by atoms with Crippen LogP contribution in [0.3, 0.4) is 0 Å². The van der Waals surface area contributed by atoms with E-state index in [1.165, 1.54) is 10.8 Å². The summed E-state index contributed by atoms with van der Waals surface area (Å²) in [6.07, 6.45) is 2.92. The second kappa shape index (κ2) is 8.49. The Bertz CT molecular complexity index is 1060. The second-order valence-corrected chi connectivity index (χ2v) is 7.39. The molecule has 0 spiro atoms. The summed E-state index contributed by atoms with van der Waals surface area (Å²) in [4.78, 5) is 33.2. The molecule has 0 saturated carbocycles. The molecule has 29 heavy (non-hydrogen) atoms. The zero-order chi connectivity index (χ0) is 20.2. The van der Waals surface area contributed by atoms with E-state index in [0.717, 1.165) is 24.3 Å². The average molecular weight is 409 g/mol. The van der Waals surface area contributed by atoms with Crippen LogP contribution < -0.4 is 10.5 Å². The number of carbonyl (C=O) groups is 1. The zero-order valence-electron chi connectivity index (χ0n) is 15.9. The SMILES string of the molecule is O=C(Cn1cc(-c2ccccc2)ncc1=O)N1CCN(c2cccc(Cl)c2)CC1. The van der Waals surface area contributed by atoms with E-state index in [9.17, 15) is 9.59 Å². The van der Waals surface area contributed by atoms with Gasteiger partial charge in [0.2, 0.25) is 5.91 Å². The first-order chi connectivity index (χ1) is 14.1. The maximum absolute atomic E-state index is 12.8. The average Bonchev–Trinajstić information content (AvgIpc) is 2.76. The summed E-state index contributed by atoms with van der Waals surface area (Å²) in [7, 11) is 0. The number of rotatable bonds is 4. The fourth-order valence-corrected chi connectivity index (χ4v) is 3.64. The van der Waals surface area contributed by atoms with Crippen molar-refractivity contribution in [3.05, 3.63) is 82.4 Å². The third-order valence-electron chi connectivity index (χ3n) is 5.06. The van der Waals surface area contributed by atoms with Crippen LogP contribution in [0.15, 0.2) is 71.8 Å². The minimum Gasteiger partial charge on any atom is -0.368 e. The molecule has 0 bridgehead atoms. The maximum atomic E-state index is 12.8. The molecule has 148 valence electrons. The quantitative estimate of drug-likeness (QED) is 0.666. The van der Waals surface area contributed by atoms with Crippen molar-refractivity contribution in [1.82, 2.24) is 14.5 Å². The van der Waals surface area contributed by atoms with Crippen LogP contribution in [0.2, 0.25) is 5.02 Å². The molecule has 2 aromatic carbocycles. The number of benzene rings is 2. The van der Waals surface area contributed by atoms with Crippen molar-refractivity contribution < 1.29 is 4.79 Å². The Kier molecular flexibility index (Phi) is 5.62. The lowest BCUT2D eigenvalue weighted by atomic mass is 10.2. The molecule has 0 N–H and O–H groups in total. The van der Waals surface area contributed by atoms with Gasteiger partial charge in [0, 0.05) is 48.6 Å². The van der Waals surface area contributed by atoms with Crippen molar-refractivity contribution in [2.75, 3.05) is 31.1 Å². The Morgan fingerprint density at radius 1 is 1.00 bits per heavy atom. The van der Waals surface area contributed by atoms with Crippen LogP contribution in [0.25, 0.3) is 11.3 Å². The van der Waals surface area contributed by atoms with Crippen molar-refractivity contribution in [3.63, 3.8) is 0 Å². The van der Waals surface area contributed by atoms with Crippen LogP contribution in [-0.4, -0.2) is 46.5 Å². The smallest absolute Gasteiger partial charge is 0.269 e. The molecule has 1 aliphatic heterocycles. The molecular formula is C22H21ClN4O2. The Morgan fingerprint density at radius 3 is 2.48 bits per heavy atom. The van der Waals surface area contributed by atoms with Gasteiger partial charge in [0.05, 0.1) is 11.9 Å². The van der Waals surface area contributed by atoms with Gasteiger partial charge in [-0.2, -0.15) is 0 Å². The number of anilines is 1. The van der Waals surface area contributed by atoms with Gasteiger partial charge < -0.3 is 14.4 Å². The summed E-state index contributed by atoms with van der Waals surface area (Å²) < 4.78 is 1.43. The largest absolute Gasteiger partial charge is 0.368 e. The molecule has 6 nitrogen and oxygen atoms in total. The van der Waals surface area contributed by atoms with Gasteiger partial charge >= 0.3 is 0 Å². The lowest BCUT2D eigenvalue weighted by molar-refractivity contribution is -0.132. The normalized spacial score (nSPS) is 14.1. The molecule has 2 heterocycles. The van der Waals surface area contributed by atoms with E-state index in [2.05, 4.69) is 9.88 Å². The van der Waals surface area contributed by atoms with Gasteiger partial charge in [0.25, 0.3) is 5.56 Å². The zero-order valence-corrected chi connectivity index (χ0v) is 16.6. The minimum atomic E-state index is -0.282. The molecule has 7 heteroatoms. The number of aromatic nitrogens is 2. The van der Waals surface area contributed by atoms with E-state index in [-0.39, 0.29) is 18.0 Å². The van der Waals surface area contributed by atoms with Gasteiger partial charge in [0.1, 0.15) is 6.54 Å². The Labute approximate surface area is 174 Å². The Hall–Kier alpha value is -3.12. The molecular weight excluding hydrogens is 388 g/mol. The van der Waals surface area contributed by atoms with Crippen molar-refractivity contribution in [1.29, 1.82) is 0 Å². The number of nitrogens with zero attached hydrogens (tertiary/aromatic N) is 4. The van der Waals surface area contributed by atoms with E-state index >= 15 is 0 Å². The minimum absolute atomic E-state index is 0.0123.